The molecule has 2 rings (SSSR count). The lowest BCUT2D eigenvalue weighted by Gasteiger charge is -2.46. The van der Waals surface area contributed by atoms with Gasteiger partial charge in [0.1, 0.15) is 42.7 Å². The minimum Gasteiger partial charge on any atom is -0.479 e. The van der Waals surface area contributed by atoms with Gasteiger partial charge in [-0.05, 0) is 0 Å². The largest absolute Gasteiger partial charge is 0.479 e. The Morgan fingerprint density at radius 1 is 1.03 bits per heavy atom. The number of aliphatic hydroxyl groups is 5. The molecule has 0 saturated carbocycles. The molecule has 0 radical (unpaired) electrons. The standard InChI is InChI=1S/C14H23NO15S/c1-3(17)15-5-10(9(30-31(24,25)26)4(2-16)27-13(5)23)28-14-8(20)6(18)7(19)11(29-14)12(21)22/h4-11,13-14,16,18-20,23H,2H2,1H3,(H,15,17)(H,21,22)(H,24,25,26)/t4-,5-,6-,7-,8+,9+,10-,11?,13-,14+/m1/s1. The van der Waals surface area contributed by atoms with Crippen LogP contribution in [0, 0.1) is 0 Å². The van der Waals surface area contributed by atoms with Gasteiger partial charge >= 0.3 is 16.4 Å². The maximum absolute atomic E-state index is 11.5. The molecule has 16 nitrogen and oxygen atoms in total. The van der Waals surface area contributed by atoms with Gasteiger partial charge in [0.15, 0.2) is 18.7 Å². The van der Waals surface area contributed by atoms with E-state index in [1.54, 1.807) is 0 Å². The number of amides is 1. The van der Waals surface area contributed by atoms with Crippen molar-refractivity contribution in [1.82, 2.24) is 5.32 Å². The Hall–Kier alpha value is -1.51. The molecule has 180 valence electrons. The Kier molecular flexibility index (Phi) is 8.27. The summed E-state index contributed by atoms with van der Waals surface area (Å²) < 4.78 is 51.3. The molecule has 0 aromatic heterocycles. The zero-order valence-corrected chi connectivity index (χ0v) is 16.6. The van der Waals surface area contributed by atoms with E-state index in [1.165, 1.54) is 0 Å². The number of hydrogen-bond acceptors (Lipinski definition) is 13. The van der Waals surface area contributed by atoms with Gasteiger partial charge in [0.25, 0.3) is 0 Å². The fourth-order valence-electron chi connectivity index (χ4n) is 3.19. The van der Waals surface area contributed by atoms with Crippen molar-refractivity contribution in [3.63, 3.8) is 0 Å². The van der Waals surface area contributed by atoms with Crippen LogP contribution in [0.4, 0.5) is 0 Å². The van der Waals surface area contributed by atoms with Crippen LogP contribution in [0.25, 0.3) is 0 Å². The van der Waals surface area contributed by atoms with E-state index in [4.69, 9.17) is 23.9 Å². The van der Waals surface area contributed by atoms with Gasteiger partial charge in [0.05, 0.1) is 6.61 Å². The molecule has 17 heteroatoms. The van der Waals surface area contributed by atoms with Crippen LogP contribution < -0.4 is 5.32 Å². The molecule has 1 amide bonds. The maximum Gasteiger partial charge on any atom is 0.397 e. The summed E-state index contributed by atoms with van der Waals surface area (Å²) in [4.78, 5) is 22.8. The van der Waals surface area contributed by atoms with Crippen LogP contribution in [0.1, 0.15) is 6.92 Å². The molecule has 2 saturated heterocycles. The summed E-state index contributed by atoms with van der Waals surface area (Å²) in [6, 6.07) is -1.64. The van der Waals surface area contributed by atoms with Crippen molar-refractivity contribution in [3.05, 3.63) is 0 Å². The van der Waals surface area contributed by atoms with E-state index in [0.29, 0.717) is 0 Å². The Morgan fingerprint density at radius 2 is 1.65 bits per heavy atom. The second kappa shape index (κ2) is 9.96. The summed E-state index contributed by atoms with van der Waals surface area (Å²) in [6.07, 6.45) is -17.8. The molecule has 10 atom stereocenters. The Bertz CT molecular complexity index is 761. The van der Waals surface area contributed by atoms with Crippen LogP contribution in [-0.4, -0.2) is 123 Å². The number of rotatable bonds is 7. The maximum atomic E-state index is 11.5. The van der Waals surface area contributed by atoms with E-state index in [0.717, 1.165) is 6.92 Å². The van der Waals surface area contributed by atoms with Crippen LogP contribution in [0.5, 0.6) is 0 Å². The molecule has 2 heterocycles. The van der Waals surface area contributed by atoms with Gasteiger partial charge in [0, 0.05) is 6.92 Å². The average Bonchev–Trinajstić information content (AvgIpc) is 2.64. The van der Waals surface area contributed by atoms with Gasteiger partial charge in [-0.3, -0.25) is 9.35 Å². The van der Waals surface area contributed by atoms with E-state index < -0.39 is 90.2 Å². The third-order valence-electron chi connectivity index (χ3n) is 4.55. The Labute approximate surface area is 174 Å². The third kappa shape index (κ3) is 6.05. The fraction of sp³-hybridized carbons (Fsp3) is 0.857. The second-order valence-corrected chi connectivity index (χ2v) is 7.85. The summed E-state index contributed by atoms with van der Waals surface area (Å²) in [5, 5.41) is 60.6. The first-order valence-electron chi connectivity index (χ1n) is 8.72. The molecular weight excluding hydrogens is 454 g/mol. The van der Waals surface area contributed by atoms with E-state index in [-0.39, 0.29) is 0 Å². The summed E-state index contributed by atoms with van der Waals surface area (Å²) in [5.74, 6) is -2.52. The van der Waals surface area contributed by atoms with Gasteiger partial charge in [-0.1, -0.05) is 0 Å². The summed E-state index contributed by atoms with van der Waals surface area (Å²) in [6.45, 7) is 0.0319. The van der Waals surface area contributed by atoms with Crippen molar-refractivity contribution in [2.75, 3.05) is 6.61 Å². The topological polar surface area (TPSA) is 259 Å². The molecule has 2 aliphatic heterocycles. The molecule has 0 aromatic carbocycles. The first-order valence-corrected chi connectivity index (χ1v) is 10.1. The van der Waals surface area contributed by atoms with E-state index in [1.807, 2.05) is 0 Å². The minimum absolute atomic E-state index is 0.779. The number of carboxylic acids is 1. The number of hydrogen-bond donors (Lipinski definition) is 8. The predicted octanol–water partition coefficient (Wildman–Crippen LogP) is -5.33. The predicted molar refractivity (Wildman–Crippen MR) is 91.2 cm³/mol. The van der Waals surface area contributed by atoms with Crippen LogP contribution >= 0.6 is 0 Å². The summed E-state index contributed by atoms with van der Waals surface area (Å²) in [7, 11) is -5.22. The van der Waals surface area contributed by atoms with Gasteiger partial charge in [-0.2, -0.15) is 8.42 Å². The number of carbonyl (C=O) groups is 2. The SMILES string of the molecule is CC(=O)N[C@@H]1[C@@H](O[C@H]2OC(C(=O)O)[C@H](O)[C@@H](O)[C@@H]2O)[C@@H](OS(=O)(=O)O)[C@@H](CO)O[C@H]1O. The molecule has 0 spiro atoms. The van der Waals surface area contributed by atoms with Crippen molar-refractivity contribution in [1.29, 1.82) is 0 Å². The highest BCUT2D eigenvalue weighted by Crippen LogP contribution is 2.30. The molecule has 0 aliphatic carbocycles. The van der Waals surface area contributed by atoms with Crippen LogP contribution in [0.2, 0.25) is 0 Å². The molecule has 2 aliphatic rings. The van der Waals surface area contributed by atoms with Gasteiger partial charge < -0.3 is 50.2 Å². The number of aliphatic hydroxyl groups excluding tert-OH is 5. The number of nitrogens with one attached hydrogen (secondary N) is 1. The van der Waals surface area contributed by atoms with E-state index >= 15 is 0 Å². The van der Waals surface area contributed by atoms with Crippen molar-refractivity contribution in [3.8, 4) is 0 Å². The minimum atomic E-state index is -5.22. The van der Waals surface area contributed by atoms with E-state index in [9.17, 15) is 43.5 Å². The summed E-state index contributed by atoms with van der Waals surface area (Å²) in [5.41, 5.74) is 0. The van der Waals surface area contributed by atoms with Crippen LogP contribution in [0.15, 0.2) is 0 Å². The monoisotopic (exact) mass is 477 g/mol. The first kappa shape index (κ1) is 25.7. The second-order valence-electron chi connectivity index (χ2n) is 6.80. The number of aliphatic carboxylic acids is 1. The lowest BCUT2D eigenvalue weighted by Crippen LogP contribution is -2.68. The molecule has 0 aromatic rings. The number of carbonyl (C=O) groups excluding carboxylic acids is 1. The Balaban J connectivity index is 2.42. The molecular formula is C14H23NO15S. The smallest absolute Gasteiger partial charge is 0.397 e. The zero-order valence-electron chi connectivity index (χ0n) is 15.8. The number of carboxylic acid groups (broad SMARTS) is 1. The van der Waals surface area contributed by atoms with E-state index in [2.05, 4.69) is 9.50 Å². The highest BCUT2D eigenvalue weighted by molar-refractivity contribution is 7.80. The zero-order chi connectivity index (χ0) is 23.7. The summed E-state index contributed by atoms with van der Waals surface area (Å²) >= 11 is 0. The van der Waals surface area contributed by atoms with Crippen LogP contribution in [-0.2, 0) is 38.4 Å². The fourth-order valence-corrected chi connectivity index (χ4v) is 3.71. The Morgan fingerprint density at radius 3 is 2.13 bits per heavy atom. The van der Waals surface area contributed by atoms with Gasteiger partial charge in [-0.25, -0.2) is 8.98 Å². The third-order valence-corrected chi connectivity index (χ3v) is 5.02. The highest BCUT2D eigenvalue weighted by atomic mass is 32.3. The number of ether oxygens (including phenoxy) is 3. The highest BCUT2D eigenvalue weighted by Gasteiger charge is 2.53. The first-order chi connectivity index (χ1) is 14.3. The normalized spacial score (nSPS) is 41.5. The van der Waals surface area contributed by atoms with Crippen molar-refractivity contribution >= 4 is 22.3 Å². The van der Waals surface area contributed by atoms with Gasteiger partial charge in [-0.15, -0.1) is 0 Å². The van der Waals surface area contributed by atoms with Crippen molar-refractivity contribution < 1.29 is 71.6 Å². The van der Waals surface area contributed by atoms with Crippen LogP contribution in [0.3, 0.4) is 0 Å². The molecule has 2 fully saturated rings. The molecule has 1 unspecified atom stereocenters. The lowest BCUT2D eigenvalue weighted by molar-refractivity contribution is -0.334. The van der Waals surface area contributed by atoms with Gasteiger partial charge in [0.2, 0.25) is 5.91 Å². The molecule has 0 bridgehead atoms. The quantitative estimate of drug-likeness (QED) is 0.159. The van der Waals surface area contributed by atoms with Crippen molar-refractivity contribution in [2.45, 2.75) is 68.3 Å². The van der Waals surface area contributed by atoms with Crippen molar-refractivity contribution in [2.24, 2.45) is 0 Å². The average molecular weight is 477 g/mol. The molecule has 8 N–H and O–H groups in total. The molecule has 31 heavy (non-hydrogen) atoms. The lowest BCUT2D eigenvalue weighted by atomic mass is 9.95.